The van der Waals surface area contributed by atoms with Gasteiger partial charge in [0.25, 0.3) is 5.91 Å². The van der Waals surface area contributed by atoms with Gasteiger partial charge in [-0.3, -0.25) is 4.79 Å². The van der Waals surface area contributed by atoms with Crippen LogP contribution in [-0.2, 0) is 4.79 Å². The van der Waals surface area contributed by atoms with E-state index >= 15 is 0 Å². The molecule has 2 aromatic rings. The molecular weight excluding hydrogens is 310 g/mol. The lowest BCUT2D eigenvalue weighted by molar-refractivity contribution is -0.119. The minimum absolute atomic E-state index is 0.113. The van der Waals surface area contributed by atoms with E-state index in [2.05, 4.69) is 22.8 Å². The van der Waals surface area contributed by atoms with Crippen LogP contribution in [-0.4, -0.2) is 18.2 Å². The molecule has 5 heteroatoms. The van der Waals surface area contributed by atoms with E-state index in [4.69, 9.17) is 11.6 Å². The van der Waals surface area contributed by atoms with E-state index in [1.807, 2.05) is 48.5 Å². The monoisotopic (exact) mass is 329 g/mol. The normalized spacial score (nSPS) is 11.1. The standard InChI is InChI=1S/C18H20ClN3O/c1-2-8-16(14-9-4-3-5-10-14)21-22-18(23)13-20-17-12-7-6-11-15(17)19/h3-7,9-12,20H,2,8,13H2,1H3,(H,22,23). The molecule has 0 aliphatic rings. The van der Waals surface area contributed by atoms with Crippen molar-refractivity contribution < 1.29 is 4.79 Å². The lowest BCUT2D eigenvalue weighted by atomic mass is 10.1. The van der Waals surface area contributed by atoms with Crippen LogP contribution in [0.5, 0.6) is 0 Å². The van der Waals surface area contributed by atoms with Gasteiger partial charge in [-0.1, -0.05) is 67.4 Å². The molecule has 0 aliphatic carbocycles. The second-order valence-electron chi connectivity index (χ2n) is 5.04. The molecule has 0 bridgehead atoms. The fourth-order valence-electron chi connectivity index (χ4n) is 2.08. The number of para-hydroxylation sites is 1. The third-order valence-electron chi connectivity index (χ3n) is 3.22. The third kappa shape index (κ3) is 5.42. The first-order chi connectivity index (χ1) is 11.2. The number of nitrogens with zero attached hydrogens (tertiary/aromatic N) is 1. The third-order valence-corrected chi connectivity index (χ3v) is 3.55. The molecule has 0 fully saturated rings. The van der Waals surface area contributed by atoms with Crippen molar-refractivity contribution >= 4 is 28.9 Å². The number of benzene rings is 2. The van der Waals surface area contributed by atoms with Crippen molar-refractivity contribution in [3.63, 3.8) is 0 Å². The fraction of sp³-hybridized carbons (Fsp3) is 0.222. The van der Waals surface area contributed by atoms with Gasteiger partial charge >= 0.3 is 0 Å². The molecule has 4 nitrogen and oxygen atoms in total. The Balaban J connectivity index is 1.94. The summed E-state index contributed by atoms with van der Waals surface area (Å²) < 4.78 is 0. The van der Waals surface area contributed by atoms with Crippen molar-refractivity contribution in [2.75, 3.05) is 11.9 Å². The molecule has 0 aromatic heterocycles. The number of amides is 1. The quantitative estimate of drug-likeness (QED) is 0.594. The van der Waals surface area contributed by atoms with Crippen molar-refractivity contribution in [3.05, 3.63) is 65.2 Å². The molecule has 0 saturated carbocycles. The van der Waals surface area contributed by atoms with Crippen molar-refractivity contribution in [2.24, 2.45) is 5.10 Å². The van der Waals surface area contributed by atoms with Crippen molar-refractivity contribution in [3.8, 4) is 0 Å². The van der Waals surface area contributed by atoms with Gasteiger partial charge in [-0.05, 0) is 24.1 Å². The second kappa shape index (κ2) is 8.96. The van der Waals surface area contributed by atoms with E-state index in [0.717, 1.165) is 29.8 Å². The molecule has 0 atom stereocenters. The van der Waals surface area contributed by atoms with Crippen LogP contribution in [0.2, 0.25) is 5.02 Å². The van der Waals surface area contributed by atoms with Crippen molar-refractivity contribution in [2.45, 2.75) is 19.8 Å². The largest absolute Gasteiger partial charge is 0.375 e. The Morgan fingerprint density at radius 3 is 2.48 bits per heavy atom. The number of rotatable bonds is 7. The minimum Gasteiger partial charge on any atom is -0.375 e. The zero-order valence-electron chi connectivity index (χ0n) is 13.1. The number of hydrogen-bond acceptors (Lipinski definition) is 3. The highest BCUT2D eigenvalue weighted by Gasteiger charge is 2.05. The summed E-state index contributed by atoms with van der Waals surface area (Å²) in [7, 11) is 0. The maximum Gasteiger partial charge on any atom is 0.259 e. The molecule has 120 valence electrons. The lowest BCUT2D eigenvalue weighted by Crippen LogP contribution is -2.27. The van der Waals surface area contributed by atoms with Gasteiger partial charge in [0.2, 0.25) is 0 Å². The van der Waals surface area contributed by atoms with Crippen LogP contribution in [0, 0.1) is 0 Å². The molecule has 0 spiro atoms. The van der Waals surface area contributed by atoms with E-state index in [9.17, 15) is 4.79 Å². The van der Waals surface area contributed by atoms with Crippen LogP contribution >= 0.6 is 11.6 Å². The average Bonchev–Trinajstić information content (AvgIpc) is 2.58. The van der Waals surface area contributed by atoms with Gasteiger partial charge in [0.15, 0.2) is 0 Å². The van der Waals surface area contributed by atoms with E-state index in [0.29, 0.717) is 5.02 Å². The number of hydrazone groups is 1. The molecule has 1 amide bonds. The first kappa shape index (κ1) is 17.0. The van der Waals surface area contributed by atoms with Gasteiger partial charge in [0.05, 0.1) is 23.0 Å². The number of anilines is 1. The maximum atomic E-state index is 11.9. The minimum atomic E-state index is -0.213. The van der Waals surface area contributed by atoms with E-state index in [1.165, 1.54) is 0 Å². The second-order valence-corrected chi connectivity index (χ2v) is 5.45. The molecule has 0 unspecified atom stereocenters. The lowest BCUT2D eigenvalue weighted by Gasteiger charge is -2.08. The summed E-state index contributed by atoms with van der Waals surface area (Å²) in [4.78, 5) is 11.9. The fourth-order valence-corrected chi connectivity index (χ4v) is 2.28. The van der Waals surface area contributed by atoms with Crippen molar-refractivity contribution in [1.29, 1.82) is 0 Å². The zero-order valence-corrected chi connectivity index (χ0v) is 13.8. The van der Waals surface area contributed by atoms with Crippen LogP contribution in [0.15, 0.2) is 59.7 Å². The molecule has 0 radical (unpaired) electrons. The van der Waals surface area contributed by atoms with Crippen molar-refractivity contribution in [1.82, 2.24) is 5.43 Å². The number of nitrogens with one attached hydrogen (secondary N) is 2. The Morgan fingerprint density at radius 1 is 1.09 bits per heavy atom. The molecule has 0 saturated heterocycles. The first-order valence-corrected chi connectivity index (χ1v) is 7.97. The summed E-state index contributed by atoms with van der Waals surface area (Å²) >= 11 is 6.03. The number of carbonyl (C=O) groups is 1. The molecule has 0 heterocycles. The average molecular weight is 330 g/mol. The van der Waals surface area contributed by atoms with E-state index in [-0.39, 0.29) is 12.5 Å². The topological polar surface area (TPSA) is 53.5 Å². The predicted octanol–water partition coefficient (Wildman–Crippen LogP) is 4.07. The molecular formula is C18H20ClN3O. The maximum absolute atomic E-state index is 11.9. The Labute approximate surface area is 141 Å². The van der Waals surface area contributed by atoms with Gasteiger partial charge in [-0.25, -0.2) is 5.43 Å². The van der Waals surface area contributed by atoms with Gasteiger partial charge in [-0.2, -0.15) is 5.10 Å². The Morgan fingerprint density at radius 2 is 1.78 bits per heavy atom. The Kier molecular flexibility index (Phi) is 6.63. The summed E-state index contributed by atoms with van der Waals surface area (Å²) in [6, 6.07) is 17.2. The molecule has 2 rings (SSSR count). The highest BCUT2D eigenvalue weighted by atomic mass is 35.5. The summed E-state index contributed by atoms with van der Waals surface area (Å²) in [5.41, 5.74) is 5.22. The molecule has 23 heavy (non-hydrogen) atoms. The van der Waals surface area contributed by atoms with Gasteiger partial charge in [0, 0.05) is 0 Å². The van der Waals surface area contributed by atoms with Gasteiger partial charge in [-0.15, -0.1) is 0 Å². The Bertz CT molecular complexity index is 671. The van der Waals surface area contributed by atoms with Gasteiger partial charge < -0.3 is 5.32 Å². The van der Waals surface area contributed by atoms with Crippen LogP contribution < -0.4 is 10.7 Å². The van der Waals surface area contributed by atoms with Gasteiger partial charge in [0.1, 0.15) is 0 Å². The summed E-state index contributed by atoms with van der Waals surface area (Å²) in [5.74, 6) is -0.213. The SMILES string of the molecule is CCCC(=NNC(=O)CNc1ccccc1Cl)c1ccccc1. The number of hydrogen-bond donors (Lipinski definition) is 2. The summed E-state index contributed by atoms with van der Waals surface area (Å²) in [6.45, 7) is 2.20. The highest BCUT2D eigenvalue weighted by Crippen LogP contribution is 2.19. The van der Waals surface area contributed by atoms with E-state index < -0.39 is 0 Å². The summed E-state index contributed by atoms with van der Waals surface area (Å²) in [6.07, 6.45) is 1.77. The predicted molar refractivity (Wildman–Crippen MR) is 96.0 cm³/mol. The van der Waals surface area contributed by atoms with Crippen LogP contribution in [0.4, 0.5) is 5.69 Å². The molecule has 2 aromatic carbocycles. The number of halogens is 1. The molecule has 2 N–H and O–H groups in total. The zero-order chi connectivity index (χ0) is 16.5. The first-order valence-electron chi connectivity index (χ1n) is 7.60. The molecule has 0 aliphatic heterocycles. The highest BCUT2D eigenvalue weighted by molar-refractivity contribution is 6.33. The Hall–Kier alpha value is -2.33. The summed E-state index contributed by atoms with van der Waals surface area (Å²) in [5, 5.41) is 7.84. The van der Waals surface area contributed by atoms with Crippen LogP contribution in [0.3, 0.4) is 0 Å². The van der Waals surface area contributed by atoms with E-state index in [1.54, 1.807) is 6.07 Å². The smallest absolute Gasteiger partial charge is 0.259 e. The number of carbonyl (C=O) groups excluding carboxylic acids is 1. The van der Waals surface area contributed by atoms with Crippen LogP contribution in [0.1, 0.15) is 25.3 Å². The van der Waals surface area contributed by atoms with Crippen LogP contribution in [0.25, 0.3) is 0 Å².